The van der Waals surface area contributed by atoms with Crippen LogP contribution in [0.1, 0.15) is 17.0 Å². The Morgan fingerprint density at radius 2 is 1.43 bits per heavy atom. The molecule has 0 spiro atoms. The van der Waals surface area contributed by atoms with E-state index >= 15 is 0 Å². The lowest BCUT2D eigenvalue weighted by molar-refractivity contribution is 0.0914. The van der Waals surface area contributed by atoms with Crippen molar-refractivity contribution in [2.24, 2.45) is 0 Å². The first-order chi connectivity index (χ1) is 14.6. The molecule has 0 radical (unpaired) electrons. The maximum atomic E-state index is 10.7. The summed E-state index contributed by atoms with van der Waals surface area (Å²) >= 11 is 0. The molecule has 4 rings (SSSR count). The van der Waals surface area contributed by atoms with E-state index in [1.54, 1.807) is 0 Å². The minimum Gasteiger partial charge on any atom is -0.491 e. The molecule has 5 heteroatoms. The molecule has 4 aromatic rings. The second-order valence-electron chi connectivity index (χ2n) is 7.41. The number of aliphatic hydroxyl groups excluding tert-OH is 1. The molecule has 0 aliphatic rings. The molecule has 3 aromatic carbocycles. The van der Waals surface area contributed by atoms with Crippen LogP contribution in [0.2, 0.25) is 0 Å². The molecule has 0 amide bonds. The minimum atomic E-state index is -0.681. The van der Waals surface area contributed by atoms with Crippen molar-refractivity contribution >= 4 is 11.0 Å². The number of aryl methyl sites for hydroxylation is 2. The van der Waals surface area contributed by atoms with Gasteiger partial charge in [0.25, 0.3) is 0 Å². The molecule has 0 aliphatic heterocycles. The van der Waals surface area contributed by atoms with Gasteiger partial charge in [-0.3, -0.25) is 0 Å². The lowest BCUT2D eigenvalue weighted by atomic mass is 10.2. The summed E-state index contributed by atoms with van der Waals surface area (Å²) in [6.45, 7) is 4.91. The quantitative estimate of drug-likeness (QED) is 0.465. The van der Waals surface area contributed by atoms with E-state index in [9.17, 15) is 5.11 Å². The topological polar surface area (TPSA) is 56.5 Å². The Balaban J connectivity index is 1.51. The number of aromatic nitrogens is 2. The van der Waals surface area contributed by atoms with Crippen LogP contribution in [-0.2, 0) is 13.2 Å². The number of para-hydroxylation sites is 4. The minimum absolute atomic E-state index is 0.204. The van der Waals surface area contributed by atoms with Crippen LogP contribution in [0.3, 0.4) is 0 Å². The molecule has 0 saturated carbocycles. The molecule has 0 saturated heterocycles. The molecule has 1 N–H and O–H groups in total. The van der Waals surface area contributed by atoms with E-state index < -0.39 is 6.10 Å². The highest BCUT2D eigenvalue weighted by atomic mass is 16.5. The van der Waals surface area contributed by atoms with Crippen molar-refractivity contribution in [2.45, 2.75) is 33.1 Å². The summed E-state index contributed by atoms with van der Waals surface area (Å²) in [7, 11) is 0. The fourth-order valence-electron chi connectivity index (χ4n) is 3.47. The van der Waals surface area contributed by atoms with E-state index in [4.69, 9.17) is 14.5 Å². The van der Waals surface area contributed by atoms with Crippen molar-refractivity contribution in [2.75, 3.05) is 6.61 Å². The monoisotopic (exact) mass is 402 g/mol. The summed E-state index contributed by atoms with van der Waals surface area (Å²) < 4.78 is 13.9. The second kappa shape index (κ2) is 9.01. The first-order valence-corrected chi connectivity index (χ1v) is 10.1. The fourth-order valence-corrected chi connectivity index (χ4v) is 3.47. The highest BCUT2D eigenvalue weighted by Gasteiger charge is 2.16. The number of nitrogens with zero attached hydrogens (tertiary/aromatic N) is 2. The van der Waals surface area contributed by atoms with Crippen LogP contribution in [0.4, 0.5) is 0 Å². The maximum Gasteiger partial charge on any atom is 0.148 e. The van der Waals surface area contributed by atoms with Gasteiger partial charge in [0.05, 0.1) is 17.6 Å². The largest absolute Gasteiger partial charge is 0.491 e. The van der Waals surface area contributed by atoms with E-state index in [2.05, 4.69) is 0 Å². The molecule has 1 atom stereocenters. The number of aliphatic hydroxyl groups is 1. The SMILES string of the molecule is Cc1ccccc1OCc1nc2ccccc2n1CC(O)COc1ccccc1C. The first kappa shape index (κ1) is 20.0. The summed E-state index contributed by atoms with van der Waals surface area (Å²) in [5, 5.41) is 10.7. The molecular weight excluding hydrogens is 376 g/mol. The van der Waals surface area contributed by atoms with E-state index in [0.29, 0.717) is 13.2 Å². The lowest BCUT2D eigenvalue weighted by Crippen LogP contribution is -2.25. The van der Waals surface area contributed by atoms with Crippen LogP contribution >= 0.6 is 0 Å². The van der Waals surface area contributed by atoms with Gasteiger partial charge in [0, 0.05) is 0 Å². The average molecular weight is 402 g/mol. The Morgan fingerprint density at radius 1 is 0.833 bits per heavy atom. The molecule has 1 heterocycles. The summed E-state index contributed by atoms with van der Waals surface area (Å²) in [4.78, 5) is 4.73. The molecule has 154 valence electrons. The molecule has 1 unspecified atom stereocenters. The summed E-state index contributed by atoms with van der Waals surface area (Å²) in [6, 6.07) is 23.6. The first-order valence-electron chi connectivity index (χ1n) is 10.1. The third-order valence-electron chi connectivity index (χ3n) is 5.10. The van der Waals surface area contributed by atoms with Gasteiger partial charge >= 0.3 is 0 Å². The molecule has 30 heavy (non-hydrogen) atoms. The fraction of sp³-hybridized carbons (Fsp3) is 0.240. The Hall–Kier alpha value is -3.31. The van der Waals surface area contributed by atoms with Crippen LogP contribution in [0, 0.1) is 13.8 Å². The van der Waals surface area contributed by atoms with E-state index in [0.717, 1.165) is 39.5 Å². The standard InChI is InChI=1S/C25H26N2O3/c1-18-9-3-7-13-23(18)29-16-20(28)15-27-22-12-6-5-11-21(22)26-25(27)17-30-24-14-8-4-10-19(24)2/h3-14,20,28H,15-17H2,1-2H3. The van der Waals surface area contributed by atoms with Gasteiger partial charge in [-0.05, 0) is 49.2 Å². The average Bonchev–Trinajstić information content (AvgIpc) is 3.10. The molecule has 0 fully saturated rings. The van der Waals surface area contributed by atoms with Crippen molar-refractivity contribution in [1.29, 1.82) is 0 Å². The van der Waals surface area contributed by atoms with Crippen molar-refractivity contribution in [3.8, 4) is 11.5 Å². The maximum absolute atomic E-state index is 10.7. The van der Waals surface area contributed by atoms with E-state index in [1.165, 1.54) is 0 Å². The lowest BCUT2D eigenvalue weighted by Gasteiger charge is -2.17. The zero-order chi connectivity index (χ0) is 20.9. The van der Waals surface area contributed by atoms with Gasteiger partial charge in [0.15, 0.2) is 0 Å². The Labute approximate surface area is 176 Å². The number of ether oxygens (including phenoxy) is 2. The van der Waals surface area contributed by atoms with Crippen molar-refractivity contribution in [1.82, 2.24) is 9.55 Å². The van der Waals surface area contributed by atoms with Gasteiger partial charge in [-0.1, -0.05) is 48.5 Å². The molecule has 0 bridgehead atoms. The number of hydrogen-bond donors (Lipinski definition) is 1. The van der Waals surface area contributed by atoms with Gasteiger partial charge in [-0.2, -0.15) is 0 Å². The predicted octanol–water partition coefficient (Wildman–Crippen LogP) is 4.67. The van der Waals surface area contributed by atoms with Crippen LogP contribution < -0.4 is 9.47 Å². The second-order valence-corrected chi connectivity index (χ2v) is 7.41. The van der Waals surface area contributed by atoms with Crippen LogP contribution in [0.15, 0.2) is 72.8 Å². The van der Waals surface area contributed by atoms with Crippen molar-refractivity contribution in [3.63, 3.8) is 0 Å². The Kier molecular flexibility index (Phi) is 6.00. The predicted molar refractivity (Wildman–Crippen MR) is 118 cm³/mol. The zero-order valence-corrected chi connectivity index (χ0v) is 17.3. The van der Waals surface area contributed by atoms with Crippen molar-refractivity contribution < 1.29 is 14.6 Å². The molecular formula is C25H26N2O3. The number of imidazole rings is 1. The van der Waals surface area contributed by atoms with Gasteiger partial charge in [0.2, 0.25) is 0 Å². The van der Waals surface area contributed by atoms with Gasteiger partial charge < -0.3 is 19.1 Å². The normalized spacial score (nSPS) is 12.1. The third-order valence-corrected chi connectivity index (χ3v) is 5.10. The van der Waals surface area contributed by atoms with E-state index in [1.807, 2.05) is 91.2 Å². The highest BCUT2D eigenvalue weighted by molar-refractivity contribution is 5.75. The third kappa shape index (κ3) is 4.47. The molecule has 0 aliphatic carbocycles. The van der Waals surface area contributed by atoms with Crippen LogP contribution in [-0.4, -0.2) is 27.4 Å². The molecule has 5 nitrogen and oxygen atoms in total. The van der Waals surface area contributed by atoms with E-state index in [-0.39, 0.29) is 6.61 Å². The van der Waals surface area contributed by atoms with Gasteiger partial charge in [0.1, 0.15) is 36.6 Å². The number of hydrogen-bond acceptors (Lipinski definition) is 4. The van der Waals surface area contributed by atoms with Gasteiger partial charge in [-0.25, -0.2) is 4.98 Å². The number of benzene rings is 3. The van der Waals surface area contributed by atoms with Crippen molar-refractivity contribution in [3.05, 3.63) is 89.7 Å². The van der Waals surface area contributed by atoms with Gasteiger partial charge in [-0.15, -0.1) is 0 Å². The molecule has 1 aromatic heterocycles. The van der Waals surface area contributed by atoms with Crippen LogP contribution in [0.5, 0.6) is 11.5 Å². The Morgan fingerprint density at radius 3 is 2.13 bits per heavy atom. The number of rotatable bonds is 8. The smallest absolute Gasteiger partial charge is 0.148 e. The number of fused-ring (bicyclic) bond motifs is 1. The van der Waals surface area contributed by atoms with Crippen LogP contribution in [0.25, 0.3) is 11.0 Å². The highest BCUT2D eigenvalue weighted by Crippen LogP contribution is 2.22. The Bertz CT molecular complexity index is 1140. The summed E-state index contributed by atoms with van der Waals surface area (Å²) in [5.74, 6) is 2.39. The summed E-state index contributed by atoms with van der Waals surface area (Å²) in [5.41, 5.74) is 3.97. The summed E-state index contributed by atoms with van der Waals surface area (Å²) in [6.07, 6.45) is -0.681. The zero-order valence-electron chi connectivity index (χ0n) is 17.3.